The number of carboxylic acid groups (broad SMARTS) is 1. The molecule has 1 fully saturated rings. The first-order chi connectivity index (χ1) is 11.9. The third kappa shape index (κ3) is 4.76. The first kappa shape index (κ1) is 18.9. The van der Waals surface area contributed by atoms with Crippen molar-refractivity contribution in [3.05, 3.63) is 35.9 Å². The number of nitrogens with one attached hydrogen (secondary N) is 1. The zero-order chi connectivity index (χ0) is 18.4. The largest absolute Gasteiger partial charge is 0.465 e. The van der Waals surface area contributed by atoms with E-state index >= 15 is 0 Å². The molecule has 1 aromatic carbocycles. The summed E-state index contributed by atoms with van der Waals surface area (Å²) in [6, 6.07) is 7.84. The van der Waals surface area contributed by atoms with E-state index < -0.39 is 29.8 Å². The summed E-state index contributed by atoms with van der Waals surface area (Å²) < 4.78 is 13.5. The van der Waals surface area contributed by atoms with E-state index in [2.05, 4.69) is 5.32 Å². The monoisotopic (exact) mass is 352 g/mol. The first-order valence-electron chi connectivity index (χ1n) is 8.01. The fourth-order valence-electron chi connectivity index (χ4n) is 2.83. The average molecular weight is 352 g/mol. The molecule has 1 aromatic rings. The van der Waals surface area contributed by atoms with Crippen LogP contribution in [0.5, 0.6) is 0 Å². The van der Waals surface area contributed by atoms with Crippen LogP contribution in [-0.4, -0.2) is 58.3 Å². The van der Waals surface area contributed by atoms with E-state index in [1.807, 2.05) is 0 Å². The summed E-state index contributed by atoms with van der Waals surface area (Å²) in [5.74, 6) is -0.690. The molecule has 1 aliphatic rings. The molecule has 0 aromatic heterocycles. The smallest absolute Gasteiger partial charge is 0.407 e. The number of aldehydes is 1. The lowest BCUT2D eigenvalue weighted by molar-refractivity contribution is -0.145. The molecule has 7 nitrogen and oxygen atoms in total. The molecule has 0 saturated carbocycles. The average Bonchev–Trinajstić information content (AvgIpc) is 2.62. The molecule has 2 atom stereocenters. The number of hydrogen-bond acceptors (Lipinski definition) is 4. The maximum Gasteiger partial charge on any atom is 0.407 e. The van der Waals surface area contributed by atoms with Gasteiger partial charge in [0, 0.05) is 32.4 Å². The standard InChI is InChI=1S/C17H21FN2O5/c18-13(11-21)10-14(12-4-2-1-3-5-12)19-15(22)17(25)6-8-20(9-7-17)16(23)24/h1-5,11,13-14,25H,6-10H2,(H,19,22)(H,23,24)/t13?,14-/m0/s1. The van der Waals surface area contributed by atoms with E-state index in [1.165, 1.54) is 0 Å². The Bertz CT molecular complexity index is 617. The van der Waals surface area contributed by atoms with Crippen LogP contribution in [0, 0.1) is 0 Å². The van der Waals surface area contributed by atoms with Crippen LogP contribution in [0.2, 0.25) is 0 Å². The van der Waals surface area contributed by atoms with Crippen LogP contribution < -0.4 is 5.32 Å². The highest BCUT2D eigenvalue weighted by Gasteiger charge is 2.41. The second-order valence-electron chi connectivity index (χ2n) is 6.13. The zero-order valence-corrected chi connectivity index (χ0v) is 13.6. The van der Waals surface area contributed by atoms with E-state index in [-0.39, 0.29) is 38.6 Å². The van der Waals surface area contributed by atoms with Gasteiger partial charge in [0.05, 0.1) is 6.04 Å². The molecule has 1 aliphatic heterocycles. The Morgan fingerprint density at radius 2 is 1.88 bits per heavy atom. The molecule has 0 bridgehead atoms. The third-order valence-corrected chi connectivity index (χ3v) is 4.40. The molecule has 0 radical (unpaired) electrons. The molecule has 3 N–H and O–H groups in total. The van der Waals surface area contributed by atoms with Crippen molar-refractivity contribution >= 4 is 18.3 Å². The number of benzene rings is 1. The molecule has 0 spiro atoms. The van der Waals surface area contributed by atoms with Crippen LogP contribution in [0.25, 0.3) is 0 Å². The van der Waals surface area contributed by atoms with Crippen LogP contribution in [-0.2, 0) is 9.59 Å². The van der Waals surface area contributed by atoms with E-state index in [0.717, 1.165) is 4.90 Å². The Balaban J connectivity index is 2.08. The molecule has 2 rings (SSSR count). The molecule has 1 saturated heterocycles. The third-order valence-electron chi connectivity index (χ3n) is 4.40. The number of piperidine rings is 1. The number of hydrogen-bond donors (Lipinski definition) is 3. The van der Waals surface area contributed by atoms with E-state index in [9.17, 15) is 23.9 Å². The Morgan fingerprint density at radius 1 is 1.28 bits per heavy atom. The molecule has 2 amide bonds. The SMILES string of the molecule is O=CC(F)C[C@H](NC(=O)C1(O)CCN(C(=O)O)CC1)c1ccccc1. The van der Waals surface area contributed by atoms with Gasteiger partial charge >= 0.3 is 6.09 Å². The van der Waals surface area contributed by atoms with Gasteiger partial charge in [-0.3, -0.25) is 4.79 Å². The minimum atomic E-state index is -1.74. The minimum Gasteiger partial charge on any atom is -0.465 e. The Kier molecular flexibility index (Phi) is 6.08. The van der Waals surface area contributed by atoms with E-state index in [1.54, 1.807) is 30.3 Å². The van der Waals surface area contributed by atoms with Gasteiger partial charge in [0.2, 0.25) is 0 Å². The molecule has 25 heavy (non-hydrogen) atoms. The lowest BCUT2D eigenvalue weighted by Gasteiger charge is -2.36. The normalized spacial score (nSPS) is 18.9. The van der Waals surface area contributed by atoms with Gasteiger partial charge < -0.3 is 25.2 Å². The Morgan fingerprint density at radius 3 is 2.40 bits per heavy atom. The number of likely N-dealkylation sites (tertiary alicyclic amines) is 1. The van der Waals surface area contributed by atoms with Gasteiger partial charge in [-0.1, -0.05) is 30.3 Å². The number of amides is 2. The number of carbonyl (C=O) groups excluding carboxylic acids is 2. The first-order valence-corrected chi connectivity index (χ1v) is 8.01. The number of aliphatic hydroxyl groups is 1. The van der Waals surface area contributed by atoms with Gasteiger partial charge in [0.1, 0.15) is 5.60 Å². The van der Waals surface area contributed by atoms with Crippen molar-refractivity contribution < 1.29 is 29.0 Å². The van der Waals surface area contributed by atoms with Crippen molar-refractivity contribution in [3.8, 4) is 0 Å². The Hall–Kier alpha value is -2.48. The number of rotatable bonds is 6. The molecular weight excluding hydrogens is 331 g/mol. The second-order valence-corrected chi connectivity index (χ2v) is 6.13. The van der Waals surface area contributed by atoms with Gasteiger partial charge in [-0.05, 0) is 5.56 Å². The lowest BCUT2D eigenvalue weighted by atomic mass is 9.89. The van der Waals surface area contributed by atoms with Crippen molar-refractivity contribution in [2.24, 2.45) is 0 Å². The maximum absolute atomic E-state index is 13.5. The summed E-state index contributed by atoms with van der Waals surface area (Å²) in [6.07, 6.45) is -3.00. The molecular formula is C17H21FN2O5. The molecule has 0 aliphatic carbocycles. The van der Waals surface area contributed by atoms with Crippen molar-refractivity contribution in [3.63, 3.8) is 0 Å². The van der Waals surface area contributed by atoms with Gasteiger partial charge in [0.25, 0.3) is 5.91 Å². The lowest BCUT2D eigenvalue weighted by Crippen LogP contribution is -2.55. The molecule has 136 valence electrons. The van der Waals surface area contributed by atoms with Crippen molar-refractivity contribution in [1.29, 1.82) is 0 Å². The fourth-order valence-corrected chi connectivity index (χ4v) is 2.83. The number of nitrogens with zero attached hydrogens (tertiary/aromatic N) is 1. The van der Waals surface area contributed by atoms with Crippen LogP contribution in [0.4, 0.5) is 9.18 Å². The van der Waals surface area contributed by atoms with Crippen molar-refractivity contribution in [2.75, 3.05) is 13.1 Å². The summed E-state index contributed by atoms with van der Waals surface area (Å²) in [7, 11) is 0. The van der Waals surface area contributed by atoms with Gasteiger partial charge in [0.15, 0.2) is 12.5 Å². The van der Waals surface area contributed by atoms with Crippen molar-refractivity contribution in [1.82, 2.24) is 10.2 Å². The quantitative estimate of drug-likeness (QED) is 0.669. The highest BCUT2D eigenvalue weighted by Crippen LogP contribution is 2.26. The second kappa shape index (κ2) is 8.06. The highest BCUT2D eigenvalue weighted by molar-refractivity contribution is 5.85. The van der Waals surface area contributed by atoms with Crippen LogP contribution >= 0.6 is 0 Å². The van der Waals surface area contributed by atoms with Gasteiger partial charge in [-0.15, -0.1) is 0 Å². The zero-order valence-electron chi connectivity index (χ0n) is 13.6. The molecule has 1 heterocycles. The number of halogens is 1. The number of carbonyl (C=O) groups is 3. The van der Waals surface area contributed by atoms with Gasteiger partial charge in [-0.25, -0.2) is 9.18 Å². The van der Waals surface area contributed by atoms with E-state index in [4.69, 9.17) is 5.11 Å². The van der Waals surface area contributed by atoms with Crippen LogP contribution in [0.1, 0.15) is 30.9 Å². The predicted molar refractivity (Wildman–Crippen MR) is 86.7 cm³/mol. The molecule has 8 heteroatoms. The minimum absolute atomic E-state index is 0.0370. The van der Waals surface area contributed by atoms with Crippen molar-refractivity contribution in [2.45, 2.75) is 37.1 Å². The summed E-state index contributed by atoms with van der Waals surface area (Å²) >= 11 is 0. The van der Waals surface area contributed by atoms with E-state index in [0.29, 0.717) is 5.56 Å². The summed E-state index contributed by atoms with van der Waals surface area (Å²) in [5, 5.41) is 22.1. The topological polar surface area (TPSA) is 107 Å². The molecule has 1 unspecified atom stereocenters. The van der Waals surface area contributed by atoms with Crippen LogP contribution in [0.15, 0.2) is 30.3 Å². The summed E-state index contributed by atoms with van der Waals surface area (Å²) in [4.78, 5) is 35.2. The fraction of sp³-hybridized carbons (Fsp3) is 0.471. The highest BCUT2D eigenvalue weighted by atomic mass is 19.1. The van der Waals surface area contributed by atoms with Gasteiger partial charge in [-0.2, -0.15) is 0 Å². The summed E-state index contributed by atoms with van der Waals surface area (Å²) in [6.45, 7) is 0.0741. The summed E-state index contributed by atoms with van der Waals surface area (Å²) in [5.41, 5.74) is -1.10. The maximum atomic E-state index is 13.5. The number of alkyl halides is 1. The van der Waals surface area contributed by atoms with Crippen LogP contribution in [0.3, 0.4) is 0 Å². The predicted octanol–water partition coefficient (Wildman–Crippen LogP) is 1.28. The Labute approximate surface area is 144 Å².